The number of thiocarbonyl (C=S) groups is 1. The fraction of sp³-hybridized carbons (Fsp3) is 0.167. The van der Waals surface area contributed by atoms with Crippen LogP contribution in [0.2, 0.25) is 0 Å². The van der Waals surface area contributed by atoms with E-state index in [0.29, 0.717) is 6.61 Å². The van der Waals surface area contributed by atoms with E-state index in [1.54, 1.807) is 6.08 Å². The van der Waals surface area contributed by atoms with Crippen molar-refractivity contribution in [3.8, 4) is 5.75 Å². The SMILES string of the molecule is C=CCOc1ccc(C(=S)NCc2ccccc2C)cc1. The van der Waals surface area contributed by atoms with Crippen LogP contribution in [0.5, 0.6) is 5.75 Å². The molecule has 1 N–H and O–H groups in total. The first-order chi connectivity index (χ1) is 10.2. The maximum atomic E-state index is 5.45. The van der Waals surface area contributed by atoms with Gasteiger partial charge in [0.05, 0.1) is 0 Å². The lowest BCUT2D eigenvalue weighted by atomic mass is 10.1. The second-order valence-corrected chi connectivity index (χ2v) is 5.14. The van der Waals surface area contributed by atoms with Crippen molar-refractivity contribution < 1.29 is 4.74 Å². The smallest absolute Gasteiger partial charge is 0.119 e. The average molecular weight is 297 g/mol. The summed E-state index contributed by atoms with van der Waals surface area (Å²) in [6.07, 6.45) is 1.72. The Bertz CT molecular complexity index is 619. The van der Waals surface area contributed by atoms with Gasteiger partial charge in [-0.15, -0.1) is 0 Å². The number of rotatable bonds is 6. The summed E-state index contributed by atoms with van der Waals surface area (Å²) in [5, 5.41) is 3.29. The third-order valence-electron chi connectivity index (χ3n) is 3.19. The predicted octanol–water partition coefficient (Wildman–Crippen LogP) is 4.03. The molecule has 0 fully saturated rings. The molecule has 2 aromatic rings. The molecular weight excluding hydrogens is 278 g/mol. The lowest BCUT2D eigenvalue weighted by molar-refractivity contribution is 0.363. The Morgan fingerprint density at radius 2 is 1.90 bits per heavy atom. The van der Waals surface area contributed by atoms with Crippen LogP contribution >= 0.6 is 12.2 Å². The Morgan fingerprint density at radius 1 is 1.19 bits per heavy atom. The summed E-state index contributed by atoms with van der Waals surface area (Å²) in [4.78, 5) is 0.744. The maximum Gasteiger partial charge on any atom is 0.119 e. The molecule has 108 valence electrons. The molecule has 21 heavy (non-hydrogen) atoms. The minimum Gasteiger partial charge on any atom is -0.490 e. The Labute approximate surface area is 131 Å². The molecule has 0 aromatic heterocycles. The summed E-state index contributed by atoms with van der Waals surface area (Å²) in [5.74, 6) is 0.820. The highest BCUT2D eigenvalue weighted by Gasteiger charge is 2.03. The zero-order valence-corrected chi connectivity index (χ0v) is 13.0. The molecule has 3 heteroatoms. The molecule has 0 heterocycles. The lowest BCUT2D eigenvalue weighted by Gasteiger charge is -2.11. The summed E-state index contributed by atoms with van der Waals surface area (Å²) in [6.45, 7) is 6.97. The fourth-order valence-corrected chi connectivity index (χ4v) is 2.15. The van der Waals surface area contributed by atoms with E-state index in [0.717, 1.165) is 22.8 Å². The minimum absolute atomic E-state index is 0.509. The van der Waals surface area contributed by atoms with E-state index >= 15 is 0 Å². The highest BCUT2D eigenvalue weighted by atomic mass is 32.1. The van der Waals surface area contributed by atoms with Crippen molar-refractivity contribution in [2.75, 3.05) is 6.61 Å². The highest BCUT2D eigenvalue weighted by Crippen LogP contribution is 2.13. The second-order valence-electron chi connectivity index (χ2n) is 4.73. The molecule has 0 radical (unpaired) electrons. The van der Waals surface area contributed by atoms with E-state index in [4.69, 9.17) is 17.0 Å². The van der Waals surface area contributed by atoms with Crippen molar-refractivity contribution in [3.05, 3.63) is 77.9 Å². The maximum absolute atomic E-state index is 5.45. The van der Waals surface area contributed by atoms with Crippen LogP contribution in [-0.2, 0) is 6.54 Å². The summed E-state index contributed by atoms with van der Waals surface area (Å²) in [7, 11) is 0. The number of hydrogen-bond acceptors (Lipinski definition) is 2. The molecule has 0 aliphatic carbocycles. The van der Waals surface area contributed by atoms with Crippen LogP contribution in [-0.4, -0.2) is 11.6 Å². The van der Waals surface area contributed by atoms with Crippen LogP contribution in [0.1, 0.15) is 16.7 Å². The first-order valence-corrected chi connectivity index (χ1v) is 7.28. The van der Waals surface area contributed by atoms with Crippen LogP contribution in [0.4, 0.5) is 0 Å². The third-order valence-corrected chi connectivity index (χ3v) is 3.57. The van der Waals surface area contributed by atoms with Gasteiger partial charge in [-0.1, -0.05) is 49.1 Å². The van der Waals surface area contributed by atoms with Gasteiger partial charge in [0.25, 0.3) is 0 Å². The van der Waals surface area contributed by atoms with E-state index in [2.05, 4.69) is 31.0 Å². The number of hydrogen-bond donors (Lipinski definition) is 1. The fourth-order valence-electron chi connectivity index (χ4n) is 1.94. The molecule has 0 spiro atoms. The van der Waals surface area contributed by atoms with Crippen molar-refractivity contribution in [2.24, 2.45) is 0 Å². The van der Waals surface area contributed by atoms with Crippen LogP contribution in [0.25, 0.3) is 0 Å². The molecular formula is C18H19NOS. The Morgan fingerprint density at radius 3 is 2.57 bits per heavy atom. The summed E-state index contributed by atoms with van der Waals surface area (Å²) in [6, 6.07) is 16.1. The van der Waals surface area contributed by atoms with Crippen molar-refractivity contribution in [2.45, 2.75) is 13.5 Å². The summed E-state index contributed by atoms with van der Waals surface area (Å²) < 4.78 is 5.45. The highest BCUT2D eigenvalue weighted by molar-refractivity contribution is 7.80. The molecule has 2 nitrogen and oxygen atoms in total. The monoisotopic (exact) mass is 297 g/mol. The molecule has 0 atom stereocenters. The van der Waals surface area contributed by atoms with Crippen molar-refractivity contribution in [3.63, 3.8) is 0 Å². The number of nitrogens with one attached hydrogen (secondary N) is 1. The number of benzene rings is 2. The molecule has 0 unspecified atom stereocenters. The van der Waals surface area contributed by atoms with E-state index in [-0.39, 0.29) is 0 Å². The zero-order chi connectivity index (χ0) is 15.1. The van der Waals surface area contributed by atoms with Gasteiger partial charge in [0, 0.05) is 12.1 Å². The van der Waals surface area contributed by atoms with Gasteiger partial charge >= 0.3 is 0 Å². The van der Waals surface area contributed by atoms with Crippen LogP contribution in [0.3, 0.4) is 0 Å². The first kappa shape index (κ1) is 15.3. The van der Waals surface area contributed by atoms with E-state index in [9.17, 15) is 0 Å². The van der Waals surface area contributed by atoms with E-state index in [1.165, 1.54) is 11.1 Å². The second kappa shape index (κ2) is 7.60. The number of ether oxygens (including phenoxy) is 1. The largest absolute Gasteiger partial charge is 0.490 e. The van der Waals surface area contributed by atoms with Gasteiger partial charge in [-0.25, -0.2) is 0 Å². The van der Waals surface area contributed by atoms with Gasteiger partial charge in [0.1, 0.15) is 17.3 Å². The standard InChI is InChI=1S/C18H19NOS/c1-3-12-20-17-10-8-15(9-11-17)18(21)19-13-16-7-5-4-6-14(16)2/h3-11H,1,12-13H2,2H3,(H,19,21). The van der Waals surface area contributed by atoms with Gasteiger partial charge in [0.15, 0.2) is 0 Å². The first-order valence-electron chi connectivity index (χ1n) is 6.87. The number of aryl methyl sites for hydroxylation is 1. The van der Waals surface area contributed by atoms with Crippen molar-refractivity contribution in [1.82, 2.24) is 5.32 Å². The molecule has 2 rings (SSSR count). The molecule has 0 saturated carbocycles. The normalized spacial score (nSPS) is 9.95. The Balaban J connectivity index is 1.94. The van der Waals surface area contributed by atoms with Gasteiger partial charge in [-0.2, -0.15) is 0 Å². The zero-order valence-electron chi connectivity index (χ0n) is 12.1. The predicted molar refractivity (Wildman–Crippen MR) is 91.9 cm³/mol. The van der Waals surface area contributed by atoms with Crippen LogP contribution in [0.15, 0.2) is 61.2 Å². The quantitative estimate of drug-likeness (QED) is 0.642. The van der Waals surface area contributed by atoms with Crippen LogP contribution in [0, 0.1) is 6.92 Å². The molecule has 0 bridgehead atoms. The van der Waals surface area contributed by atoms with E-state index in [1.807, 2.05) is 36.4 Å². The van der Waals surface area contributed by atoms with E-state index < -0.39 is 0 Å². The minimum atomic E-state index is 0.509. The van der Waals surface area contributed by atoms with Crippen LogP contribution < -0.4 is 10.1 Å². The van der Waals surface area contributed by atoms with Gasteiger partial charge in [-0.05, 0) is 42.3 Å². The van der Waals surface area contributed by atoms with Gasteiger partial charge in [0.2, 0.25) is 0 Å². The third kappa shape index (κ3) is 4.43. The molecule has 0 saturated heterocycles. The summed E-state index contributed by atoms with van der Waals surface area (Å²) >= 11 is 5.43. The Hall–Kier alpha value is -2.13. The van der Waals surface area contributed by atoms with Crippen molar-refractivity contribution in [1.29, 1.82) is 0 Å². The molecule has 0 aliphatic rings. The van der Waals surface area contributed by atoms with Gasteiger partial charge < -0.3 is 10.1 Å². The lowest BCUT2D eigenvalue weighted by Crippen LogP contribution is -2.22. The Kier molecular flexibility index (Phi) is 5.52. The summed E-state index contributed by atoms with van der Waals surface area (Å²) in [5.41, 5.74) is 3.51. The topological polar surface area (TPSA) is 21.3 Å². The van der Waals surface area contributed by atoms with Gasteiger partial charge in [-0.3, -0.25) is 0 Å². The average Bonchev–Trinajstić information content (AvgIpc) is 2.52. The van der Waals surface area contributed by atoms with Crippen molar-refractivity contribution >= 4 is 17.2 Å². The molecule has 2 aromatic carbocycles. The molecule has 0 aliphatic heterocycles. The molecule has 0 amide bonds.